The number of aliphatic carboxylic acids is 2. The monoisotopic (exact) mass is 501 g/mol. The number of nitrogens with one attached hydrogen (secondary N) is 3. The van der Waals surface area contributed by atoms with E-state index in [0.29, 0.717) is 32.2 Å². The predicted molar refractivity (Wildman–Crippen MR) is 130 cm³/mol. The van der Waals surface area contributed by atoms with Crippen LogP contribution in [0.25, 0.3) is 0 Å². The van der Waals surface area contributed by atoms with E-state index in [2.05, 4.69) is 16.0 Å². The highest BCUT2D eigenvalue weighted by molar-refractivity contribution is 5.94. The van der Waals surface area contributed by atoms with Gasteiger partial charge in [-0.2, -0.15) is 0 Å². The predicted octanol–water partition coefficient (Wildman–Crippen LogP) is -0.0613. The molecule has 0 bridgehead atoms. The molecule has 12 heteroatoms. The minimum atomic E-state index is -1.18. The number of unbranched alkanes of at least 4 members (excludes halogenated alkanes) is 1. The molecule has 0 rings (SSSR count). The molecular formula is C23H43N5O7. The van der Waals surface area contributed by atoms with Crippen LogP contribution in [0.3, 0.4) is 0 Å². The van der Waals surface area contributed by atoms with Crippen molar-refractivity contribution in [3.63, 3.8) is 0 Å². The lowest BCUT2D eigenvalue weighted by Crippen LogP contribution is -2.60. The Hall–Kier alpha value is -2.73. The highest BCUT2D eigenvalue weighted by atomic mass is 16.4. The number of amides is 3. The summed E-state index contributed by atoms with van der Waals surface area (Å²) in [7, 11) is 0. The van der Waals surface area contributed by atoms with Crippen LogP contribution in [-0.2, 0) is 24.0 Å². The van der Waals surface area contributed by atoms with Crippen molar-refractivity contribution in [3.8, 4) is 0 Å². The van der Waals surface area contributed by atoms with E-state index in [0.717, 1.165) is 0 Å². The highest BCUT2D eigenvalue weighted by Crippen LogP contribution is 2.13. The average Bonchev–Trinajstić information content (AvgIpc) is 2.81. The van der Waals surface area contributed by atoms with Gasteiger partial charge >= 0.3 is 11.9 Å². The number of carbonyl (C=O) groups is 5. The second-order valence-electron chi connectivity index (χ2n) is 8.97. The molecule has 6 atom stereocenters. The Morgan fingerprint density at radius 3 is 1.69 bits per heavy atom. The van der Waals surface area contributed by atoms with E-state index in [-0.39, 0.29) is 31.1 Å². The fraction of sp³-hybridized carbons (Fsp3) is 0.783. The van der Waals surface area contributed by atoms with Gasteiger partial charge in [-0.3, -0.25) is 19.2 Å². The number of hydrogen-bond acceptors (Lipinski definition) is 7. The first-order valence-corrected chi connectivity index (χ1v) is 12.2. The third-order valence-corrected chi connectivity index (χ3v) is 6.15. The van der Waals surface area contributed by atoms with Gasteiger partial charge in [0.25, 0.3) is 0 Å². The van der Waals surface area contributed by atoms with E-state index in [1.165, 1.54) is 0 Å². The maximum Gasteiger partial charge on any atom is 0.326 e. The largest absolute Gasteiger partial charge is 0.481 e. The van der Waals surface area contributed by atoms with Crippen molar-refractivity contribution in [2.24, 2.45) is 23.3 Å². The summed E-state index contributed by atoms with van der Waals surface area (Å²) in [6, 6.07) is -4.26. The summed E-state index contributed by atoms with van der Waals surface area (Å²) >= 11 is 0. The van der Waals surface area contributed by atoms with Gasteiger partial charge in [0.1, 0.15) is 18.1 Å². The second kappa shape index (κ2) is 16.8. The molecule has 0 aromatic rings. The molecule has 0 aliphatic carbocycles. The fourth-order valence-electron chi connectivity index (χ4n) is 3.33. The van der Waals surface area contributed by atoms with Crippen LogP contribution in [0.15, 0.2) is 0 Å². The van der Waals surface area contributed by atoms with Crippen molar-refractivity contribution < 1.29 is 34.2 Å². The Balaban J connectivity index is 5.53. The van der Waals surface area contributed by atoms with Crippen molar-refractivity contribution in [3.05, 3.63) is 0 Å². The SMILES string of the molecule is CCC(C)C(NC(=O)C(N)CCC(=O)O)C(=O)NC(C(=O)NC(CCCCN)C(=O)O)C(C)CC. The minimum Gasteiger partial charge on any atom is -0.481 e. The van der Waals surface area contributed by atoms with Crippen LogP contribution in [0.1, 0.15) is 72.6 Å². The lowest BCUT2D eigenvalue weighted by Gasteiger charge is -2.30. The maximum atomic E-state index is 13.2. The van der Waals surface area contributed by atoms with E-state index in [1.54, 1.807) is 13.8 Å². The van der Waals surface area contributed by atoms with Gasteiger partial charge in [-0.25, -0.2) is 4.79 Å². The van der Waals surface area contributed by atoms with Crippen LogP contribution in [0.2, 0.25) is 0 Å². The highest BCUT2D eigenvalue weighted by Gasteiger charge is 2.34. The van der Waals surface area contributed by atoms with E-state index in [9.17, 15) is 29.1 Å². The molecular weight excluding hydrogens is 458 g/mol. The first kappa shape index (κ1) is 32.3. The zero-order chi connectivity index (χ0) is 27.1. The average molecular weight is 502 g/mol. The molecule has 0 aromatic heterocycles. The number of carboxylic acids is 2. The summed E-state index contributed by atoms with van der Waals surface area (Å²) in [5, 5.41) is 26.0. The summed E-state index contributed by atoms with van der Waals surface area (Å²) in [4.78, 5) is 61.0. The normalized spacial score (nSPS) is 16.2. The number of carboxylic acid groups (broad SMARTS) is 2. The molecule has 0 fully saturated rings. The van der Waals surface area contributed by atoms with Gasteiger partial charge in [-0.1, -0.05) is 40.5 Å². The van der Waals surface area contributed by atoms with Crippen molar-refractivity contribution in [2.45, 2.75) is 96.8 Å². The molecule has 3 amide bonds. The summed E-state index contributed by atoms with van der Waals surface area (Å²) in [5.41, 5.74) is 11.2. The minimum absolute atomic E-state index is 0.0886. The molecule has 0 aliphatic rings. The van der Waals surface area contributed by atoms with Crippen molar-refractivity contribution >= 4 is 29.7 Å². The van der Waals surface area contributed by atoms with Crippen LogP contribution in [0, 0.1) is 11.8 Å². The smallest absolute Gasteiger partial charge is 0.326 e. The standard InChI is InChI=1S/C23H43N5O7/c1-5-13(3)18(21(32)26-16(23(34)35)9-7-8-12-24)28-22(33)19(14(4)6-2)27-20(31)15(25)10-11-17(29)30/h13-16,18-19H,5-12,24-25H2,1-4H3,(H,26,32)(H,27,31)(H,28,33)(H,29,30)(H,34,35). The van der Waals surface area contributed by atoms with Gasteiger partial charge in [0.05, 0.1) is 6.04 Å². The second-order valence-corrected chi connectivity index (χ2v) is 8.97. The van der Waals surface area contributed by atoms with Gasteiger partial charge < -0.3 is 37.6 Å². The lowest BCUT2D eigenvalue weighted by atomic mass is 9.94. The molecule has 9 N–H and O–H groups in total. The maximum absolute atomic E-state index is 13.2. The Morgan fingerprint density at radius 2 is 1.26 bits per heavy atom. The first-order valence-electron chi connectivity index (χ1n) is 12.2. The topological polar surface area (TPSA) is 214 Å². The summed E-state index contributed by atoms with van der Waals surface area (Å²) < 4.78 is 0. The van der Waals surface area contributed by atoms with Crippen molar-refractivity contribution in [1.82, 2.24) is 16.0 Å². The van der Waals surface area contributed by atoms with Gasteiger partial charge in [-0.15, -0.1) is 0 Å². The van der Waals surface area contributed by atoms with E-state index in [4.69, 9.17) is 16.6 Å². The third-order valence-electron chi connectivity index (χ3n) is 6.15. The Bertz CT molecular complexity index is 718. The van der Waals surface area contributed by atoms with Crippen LogP contribution in [0.4, 0.5) is 0 Å². The van der Waals surface area contributed by atoms with Gasteiger partial charge in [-0.05, 0) is 44.1 Å². The fourth-order valence-corrected chi connectivity index (χ4v) is 3.33. The van der Waals surface area contributed by atoms with Crippen molar-refractivity contribution in [1.29, 1.82) is 0 Å². The van der Waals surface area contributed by atoms with Crippen molar-refractivity contribution in [2.75, 3.05) is 6.54 Å². The third kappa shape index (κ3) is 12.0. The molecule has 202 valence electrons. The zero-order valence-corrected chi connectivity index (χ0v) is 21.2. The molecule has 0 aromatic carbocycles. The quantitative estimate of drug-likeness (QED) is 0.125. The molecule has 0 radical (unpaired) electrons. The summed E-state index contributed by atoms with van der Waals surface area (Å²) in [6.45, 7) is 7.59. The number of rotatable bonds is 18. The zero-order valence-electron chi connectivity index (χ0n) is 21.2. The molecule has 0 saturated heterocycles. The van der Waals surface area contributed by atoms with E-state index >= 15 is 0 Å². The van der Waals surface area contributed by atoms with Gasteiger partial charge in [0.15, 0.2) is 0 Å². The molecule has 0 spiro atoms. The number of nitrogens with two attached hydrogens (primary N) is 2. The lowest BCUT2D eigenvalue weighted by molar-refractivity contribution is -0.143. The molecule has 0 heterocycles. The van der Waals surface area contributed by atoms with E-state index < -0.39 is 53.8 Å². The number of hydrogen-bond donors (Lipinski definition) is 7. The summed E-state index contributed by atoms with van der Waals surface area (Å²) in [6.07, 6.45) is 2.04. The number of carbonyl (C=O) groups excluding carboxylic acids is 3. The van der Waals surface area contributed by atoms with Crippen LogP contribution in [0.5, 0.6) is 0 Å². The Labute approximate surface area is 206 Å². The molecule has 12 nitrogen and oxygen atoms in total. The first-order chi connectivity index (χ1) is 16.4. The molecule has 0 aliphatic heterocycles. The van der Waals surface area contributed by atoms with E-state index in [1.807, 2.05) is 13.8 Å². The Kier molecular flexibility index (Phi) is 15.5. The Morgan fingerprint density at radius 1 is 0.771 bits per heavy atom. The molecule has 0 saturated carbocycles. The van der Waals surface area contributed by atoms with Crippen LogP contribution < -0.4 is 27.4 Å². The van der Waals surface area contributed by atoms with Gasteiger partial charge in [0.2, 0.25) is 17.7 Å². The molecule has 6 unspecified atom stereocenters. The van der Waals surface area contributed by atoms with Gasteiger partial charge in [0, 0.05) is 6.42 Å². The van der Waals surface area contributed by atoms with Crippen LogP contribution in [-0.4, -0.2) is 70.6 Å². The summed E-state index contributed by atoms with van der Waals surface area (Å²) in [5.74, 6) is -4.78. The molecule has 35 heavy (non-hydrogen) atoms. The van der Waals surface area contributed by atoms with Crippen LogP contribution >= 0.6 is 0 Å².